The van der Waals surface area contributed by atoms with E-state index < -0.39 is 6.10 Å². The fourth-order valence-electron chi connectivity index (χ4n) is 1.36. The molecule has 0 aliphatic carbocycles. The first kappa shape index (κ1) is 9.09. The van der Waals surface area contributed by atoms with Crippen molar-refractivity contribution in [3.63, 3.8) is 0 Å². The summed E-state index contributed by atoms with van der Waals surface area (Å²) in [5.41, 5.74) is 1.02. The van der Waals surface area contributed by atoms with E-state index in [4.69, 9.17) is 9.84 Å². The van der Waals surface area contributed by atoms with Crippen LogP contribution in [-0.4, -0.2) is 22.2 Å². The number of aliphatic hydroxyl groups excluding tert-OH is 1. The van der Waals surface area contributed by atoms with Gasteiger partial charge in [0, 0.05) is 12.4 Å². The Hall–Kier alpha value is -1.48. The molecule has 3 nitrogen and oxygen atoms in total. The molecular formula is C11H13NO2. The van der Waals surface area contributed by atoms with Crippen LogP contribution < -0.4 is 4.74 Å². The van der Waals surface area contributed by atoms with Gasteiger partial charge in [-0.15, -0.1) is 0 Å². The molecule has 1 atom stereocenters. The maximum absolute atomic E-state index is 9.09. The van der Waals surface area contributed by atoms with E-state index in [2.05, 4.69) is 0 Å². The van der Waals surface area contributed by atoms with E-state index in [-0.39, 0.29) is 0 Å². The van der Waals surface area contributed by atoms with Crippen molar-refractivity contribution in [2.75, 3.05) is 6.61 Å². The van der Waals surface area contributed by atoms with E-state index in [1.165, 1.54) is 0 Å². The van der Waals surface area contributed by atoms with Crippen molar-refractivity contribution in [2.24, 2.45) is 0 Å². The number of nitrogens with zero attached hydrogens (tertiary/aromatic N) is 1. The van der Waals surface area contributed by atoms with Gasteiger partial charge in [-0.1, -0.05) is 6.07 Å². The van der Waals surface area contributed by atoms with Crippen molar-refractivity contribution in [2.45, 2.75) is 13.0 Å². The summed E-state index contributed by atoms with van der Waals surface area (Å²) >= 11 is 0. The lowest BCUT2D eigenvalue weighted by atomic mass is 10.4. The summed E-state index contributed by atoms with van der Waals surface area (Å²) in [7, 11) is 0. The smallest absolute Gasteiger partial charge is 0.144 e. The molecule has 1 N–H and O–H groups in total. The highest BCUT2D eigenvalue weighted by atomic mass is 16.5. The first-order valence-electron chi connectivity index (χ1n) is 4.64. The molecular weight excluding hydrogens is 178 g/mol. The van der Waals surface area contributed by atoms with Crippen LogP contribution in [0.2, 0.25) is 0 Å². The highest BCUT2D eigenvalue weighted by molar-refractivity contribution is 5.60. The zero-order chi connectivity index (χ0) is 9.97. The van der Waals surface area contributed by atoms with Gasteiger partial charge in [0.15, 0.2) is 0 Å². The quantitative estimate of drug-likeness (QED) is 0.801. The number of rotatable bonds is 3. The second-order valence-corrected chi connectivity index (χ2v) is 3.33. The van der Waals surface area contributed by atoms with Gasteiger partial charge >= 0.3 is 0 Å². The van der Waals surface area contributed by atoms with Crippen LogP contribution >= 0.6 is 0 Å². The number of aliphatic hydroxyl groups is 1. The van der Waals surface area contributed by atoms with Gasteiger partial charge in [0.05, 0.1) is 11.6 Å². The lowest BCUT2D eigenvalue weighted by Crippen LogP contribution is -2.12. The predicted molar refractivity (Wildman–Crippen MR) is 54.6 cm³/mol. The van der Waals surface area contributed by atoms with Gasteiger partial charge in [-0.05, 0) is 25.1 Å². The Kier molecular flexibility index (Phi) is 2.41. The first-order chi connectivity index (χ1) is 6.77. The molecule has 14 heavy (non-hydrogen) atoms. The molecule has 0 amide bonds. The number of hydrogen-bond acceptors (Lipinski definition) is 2. The van der Waals surface area contributed by atoms with Gasteiger partial charge in [0.1, 0.15) is 12.4 Å². The minimum atomic E-state index is -0.436. The number of ether oxygens (including phenoxy) is 1. The number of fused-ring (bicyclic) bond motifs is 1. The molecule has 74 valence electrons. The lowest BCUT2D eigenvalue weighted by Gasteiger charge is -2.06. The molecule has 0 bridgehead atoms. The van der Waals surface area contributed by atoms with E-state index in [0.717, 1.165) is 11.3 Å². The number of hydrogen-bond donors (Lipinski definition) is 1. The summed E-state index contributed by atoms with van der Waals surface area (Å²) in [6.45, 7) is 2.03. The minimum Gasteiger partial charge on any atom is -0.489 e. The fourth-order valence-corrected chi connectivity index (χ4v) is 1.36. The molecule has 1 unspecified atom stereocenters. The molecule has 3 heteroatoms. The third-order valence-corrected chi connectivity index (χ3v) is 2.01. The van der Waals surface area contributed by atoms with Crippen molar-refractivity contribution in [1.82, 2.24) is 4.40 Å². The fraction of sp³-hybridized carbons (Fsp3) is 0.273. The number of pyridine rings is 1. The maximum Gasteiger partial charge on any atom is 0.144 e. The predicted octanol–water partition coefficient (Wildman–Crippen LogP) is 1.70. The van der Waals surface area contributed by atoms with E-state index in [0.29, 0.717) is 6.61 Å². The average Bonchev–Trinajstić information content (AvgIpc) is 2.58. The SMILES string of the molecule is CC(O)COc1ccn2ccccc12. The molecule has 0 aliphatic heterocycles. The molecule has 0 aliphatic rings. The highest BCUT2D eigenvalue weighted by Gasteiger charge is 2.03. The van der Waals surface area contributed by atoms with E-state index in [1.807, 2.05) is 41.1 Å². The van der Waals surface area contributed by atoms with Crippen LogP contribution in [0, 0.1) is 0 Å². The molecule has 2 aromatic heterocycles. The van der Waals surface area contributed by atoms with Crippen LogP contribution in [0.5, 0.6) is 5.75 Å². The normalized spacial score (nSPS) is 13.0. The van der Waals surface area contributed by atoms with E-state index >= 15 is 0 Å². The molecule has 2 aromatic rings. The van der Waals surface area contributed by atoms with Crippen molar-refractivity contribution >= 4 is 5.52 Å². The Morgan fingerprint density at radius 3 is 3.00 bits per heavy atom. The van der Waals surface area contributed by atoms with Crippen LogP contribution in [0.4, 0.5) is 0 Å². The second-order valence-electron chi connectivity index (χ2n) is 3.33. The summed E-state index contributed by atoms with van der Waals surface area (Å²) in [6.07, 6.45) is 3.46. The Morgan fingerprint density at radius 2 is 2.21 bits per heavy atom. The molecule has 0 saturated carbocycles. The Morgan fingerprint density at radius 1 is 1.36 bits per heavy atom. The summed E-state index contributed by atoms with van der Waals surface area (Å²) in [6, 6.07) is 7.81. The average molecular weight is 191 g/mol. The van der Waals surface area contributed by atoms with Crippen LogP contribution in [0.1, 0.15) is 6.92 Å². The van der Waals surface area contributed by atoms with Gasteiger partial charge in [-0.3, -0.25) is 0 Å². The van der Waals surface area contributed by atoms with Gasteiger partial charge in [-0.25, -0.2) is 0 Å². The molecule has 2 heterocycles. The van der Waals surface area contributed by atoms with E-state index in [1.54, 1.807) is 6.92 Å². The molecule has 0 fully saturated rings. The minimum absolute atomic E-state index is 0.328. The van der Waals surface area contributed by atoms with Crippen molar-refractivity contribution in [1.29, 1.82) is 0 Å². The topological polar surface area (TPSA) is 33.9 Å². The van der Waals surface area contributed by atoms with E-state index in [9.17, 15) is 0 Å². The van der Waals surface area contributed by atoms with Crippen molar-refractivity contribution in [3.8, 4) is 5.75 Å². The number of aromatic nitrogens is 1. The highest BCUT2D eigenvalue weighted by Crippen LogP contribution is 2.20. The summed E-state index contributed by atoms with van der Waals surface area (Å²) in [4.78, 5) is 0. The Balaban J connectivity index is 2.25. The third kappa shape index (κ3) is 1.72. The second kappa shape index (κ2) is 3.72. The summed E-state index contributed by atoms with van der Waals surface area (Å²) in [5, 5.41) is 9.09. The molecule has 0 aromatic carbocycles. The maximum atomic E-state index is 9.09. The zero-order valence-corrected chi connectivity index (χ0v) is 8.05. The Bertz CT molecular complexity index is 420. The zero-order valence-electron chi connectivity index (χ0n) is 8.05. The van der Waals surface area contributed by atoms with Gasteiger partial charge in [0.25, 0.3) is 0 Å². The van der Waals surface area contributed by atoms with Gasteiger partial charge in [-0.2, -0.15) is 0 Å². The van der Waals surface area contributed by atoms with Crippen LogP contribution in [-0.2, 0) is 0 Å². The van der Waals surface area contributed by atoms with Crippen LogP contribution in [0.15, 0.2) is 36.7 Å². The largest absolute Gasteiger partial charge is 0.489 e. The van der Waals surface area contributed by atoms with Gasteiger partial charge < -0.3 is 14.2 Å². The van der Waals surface area contributed by atoms with Crippen molar-refractivity contribution < 1.29 is 9.84 Å². The third-order valence-electron chi connectivity index (χ3n) is 2.01. The first-order valence-corrected chi connectivity index (χ1v) is 4.64. The van der Waals surface area contributed by atoms with Crippen molar-refractivity contribution in [3.05, 3.63) is 36.7 Å². The standard InChI is InChI=1S/C11H13NO2/c1-9(13)8-14-11-5-7-12-6-3-2-4-10(11)12/h2-7,9,13H,8H2,1H3. The Labute approximate surface area is 82.6 Å². The van der Waals surface area contributed by atoms with Gasteiger partial charge in [0.2, 0.25) is 0 Å². The lowest BCUT2D eigenvalue weighted by molar-refractivity contribution is 0.123. The monoisotopic (exact) mass is 191 g/mol. The molecule has 0 spiro atoms. The molecule has 0 radical (unpaired) electrons. The molecule has 2 rings (SSSR count). The molecule has 0 saturated heterocycles. The summed E-state index contributed by atoms with van der Waals surface area (Å²) in [5.74, 6) is 0.812. The van der Waals surface area contributed by atoms with Crippen LogP contribution in [0.25, 0.3) is 5.52 Å². The van der Waals surface area contributed by atoms with Crippen LogP contribution in [0.3, 0.4) is 0 Å². The summed E-state index contributed by atoms with van der Waals surface area (Å²) < 4.78 is 7.43.